The predicted octanol–water partition coefficient (Wildman–Crippen LogP) is 4.79. The Balaban J connectivity index is 1.46. The monoisotopic (exact) mass is 555 g/mol. The molecule has 0 fully saturated rings. The lowest BCUT2D eigenvalue weighted by Gasteiger charge is -2.14. The minimum Gasteiger partial charge on any atom is -0.493 e. The summed E-state index contributed by atoms with van der Waals surface area (Å²) in [5.41, 5.74) is 0.914. The highest BCUT2D eigenvalue weighted by molar-refractivity contribution is 5.93. The molecule has 0 aliphatic heterocycles. The fourth-order valence-electron chi connectivity index (χ4n) is 4.13. The van der Waals surface area contributed by atoms with Crippen molar-refractivity contribution < 1.29 is 32.9 Å². The Morgan fingerprint density at radius 2 is 1.59 bits per heavy atom. The molecule has 0 atom stereocenters. The molecule has 208 valence electrons. The van der Waals surface area contributed by atoms with Crippen molar-refractivity contribution in [3.05, 3.63) is 94.5 Å². The van der Waals surface area contributed by atoms with Gasteiger partial charge in [-0.1, -0.05) is 12.1 Å². The van der Waals surface area contributed by atoms with Gasteiger partial charge in [0.1, 0.15) is 0 Å². The molecule has 0 N–H and O–H groups in total. The average Bonchev–Trinajstić information content (AvgIpc) is 3.55. The summed E-state index contributed by atoms with van der Waals surface area (Å²) in [5, 5.41) is 4.81. The number of esters is 1. The number of aromatic nitrogens is 2. The van der Waals surface area contributed by atoms with E-state index in [9.17, 15) is 9.59 Å². The maximum Gasteiger partial charge on any atom is 0.343 e. The van der Waals surface area contributed by atoms with Gasteiger partial charge in [-0.05, 0) is 60.2 Å². The van der Waals surface area contributed by atoms with Gasteiger partial charge in [-0.2, -0.15) is 9.78 Å². The van der Waals surface area contributed by atoms with Crippen LogP contribution in [0.2, 0.25) is 0 Å². The second kappa shape index (κ2) is 11.7. The van der Waals surface area contributed by atoms with Gasteiger partial charge in [0.05, 0.1) is 57.4 Å². The smallest absolute Gasteiger partial charge is 0.343 e. The zero-order valence-corrected chi connectivity index (χ0v) is 22.6. The SMILES string of the molecule is COc1cc(/C=N/n2c(-c3ccco3)nc3ccccc3c2=O)ccc1OC(=O)c1cc(OC)c(OC)c(OC)c1. The van der Waals surface area contributed by atoms with E-state index < -0.39 is 5.97 Å². The molecule has 0 aliphatic rings. The fourth-order valence-corrected chi connectivity index (χ4v) is 4.13. The van der Waals surface area contributed by atoms with E-state index >= 15 is 0 Å². The van der Waals surface area contributed by atoms with Gasteiger partial charge in [-0.3, -0.25) is 4.79 Å². The van der Waals surface area contributed by atoms with Crippen molar-refractivity contribution in [2.75, 3.05) is 28.4 Å². The Bertz CT molecular complexity index is 1780. The number of methoxy groups -OCH3 is 4. The summed E-state index contributed by atoms with van der Waals surface area (Å²) in [6.07, 6.45) is 2.96. The van der Waals surface area contributed by atoms with Crippen molar-refractivity contribution in [2.45, 2.75) is 0 Å². The minimum absolute atomic E-state index is 0.171. The second-order valence-electron chi connectivity index (χ2n) is 8.51. The van der Waals surface area contributed by atoms with Crippen LogP contribution in [0.4, 0.5) is 0 Å². The first kappa shape index (κ1) is 27.0. The molecule has 0 unspecified atom stereocenters. The van der Waals surface area contributed by atoms with Gasteiger partial charge in [0.2, 0.25) is 11.6 Å². The molecular weight excluding hydrogens is 530 g/mol. The van der Waals surface area contributed by atoms with Crippen LogP contribution in [0.3, 0.4) is 0 Å². The summed E-state index contributed by atoms with van der Waals surface area (Å²) >= 11 is 0. The van der Waals surface area contributed by atoms with E-state index in [1.807, 2.05) is 0 Å². The number of furan rings is 1. The topological polar surface area (TPSA) is 124 Å². The van der Waals surface area contributed by atoms with Gasteiger partial charge in [0.25, 0.3) is 5.56 Å². The van der Waals surface area contributed by atoms with Gasteiger partial charge in [0, 0.05) is 0 Å². The molecule has 0 saturated carbocycles. The standard InChI is InChI=1S/C30H25N3O8/c1-36-24-14-18(11-12-22(24)41-30(35)19-15-25(37-2)27(39-4)26(16-19)38-3)17-31-33-28(23-10-7-13-40-23)32-21-9-6-5-8-20(21)29(33)34/h5-17H,1-4H3/b31-17+. The lowest BCUT2D eigenvalue weighted by atomic mass is 10.1. The zero-order chi connectivity index (χ0) is 28.9. The Labute approximate surface area is 234 Å². The second-order valence-corrected chi connectivity index (χ2v) is 8.51. The van der Waals surface area contributed by atoms with Crippen molar-refractivity contribution in [1.29, 1.82) is 0 Å². The van der Waals surface area contributed by atoms with Crippen LogP contribution < -0.4 is 29.2 Å². The van der Waals surface area contributed by atoms with Gasteiger partial charge < -0.3 is 28.1 Å². The van der Waals surface area contributed by atoms with Crippen LogP contribution in [0.1, 0.15) is 15.9 Å². The van der Waals surface area contributed by atoms with Gasteiger partial charge in [0.15, 0.2) is 28.8 Å². The van der Waals surface area contributed by atoms with Crippen molar-refractivity contribution in [3.8, 4) is 40.3 Å². The molecule has 11 nitrogen and oxygen atoms in total. The van der Waals surface area contributed by atoms with Crippen molar-refractivity contribution >= 4 is 23.1 Å². The molecule has 0 bridgehead atoms. The number of fused-ring (bicyclic) bond motifs is 1. The number of carbonyl (C=O) groups is 1. The maximum atomic E-state index is 13.3. The van der Waals surface area contributed by atoms with E-state index in [1.54, 1.807) is 54.6 Å². The Morgan fingerprint density at radius 1 is 0.854 bits per heavy atom. The third kappa shape index (κ3) is 5.33. The fraction of sp³-hybridized carbons (Fsp3) is 0.133. The van der Waals surface area contributed by atoms with Gasteiger partial charge in [-0.15, -0.1) is 0 Å². The molecule has 41 heavy (non-hydrogen) atoms. The van der Waals surface area contributed by atoms with Crippen molar-refractivity contribution in [3.63, 3.8) is 0 Å². The van der Waals surface area contributed by atoms with Crippen LogP contribution in [0.25, 0.3) is 22.5 Å². The summed E-state index contributed by atoms with van der Waals surface area (Å²) in [5.74, 6) is 1.38. The van der Waals surface area contributed by atoms with Crippen molar-refractivity contribution in [2.24, 2.45) is 5.10 Å². The quantitative estimate of drug-likeness (QED) is 0.143. The molecular formula is C30H25N3O8. The predicted molar refractivity (Wildman–Crippen MR) is 151 cm³/mol. The van der Waals surface area contributed by atoms with E-state index in [0.29, 0.717) is 39.5 Å². The molecule has 0 aliphatic carbocycles. The number of nitrogens with zero attached hydrogens (tertiary/aromatic N) is 3. The van der Waals surface area contributed by atoms with E-state index in [1.165, 1.54) is 57.7 Å². The molecule has 0 spiro atoms. The molecule has 11 heteroatoms. The summed E-state index contributed by atoms with van der Waals surface area (Å²) in [6.45, 7) is 0. The van der Waals surface area contributed by atoms with Crippen LogP contribution in [0.15, 0.2) is 87.3 Å². The molecule has 5 rings (SSSR count). The molecule has 0 saturated heterocycles. The number of para-hydroxylation sites is 1. The normalized spacial score (nSPS) is 11.0. The number of ether oxygens (including phenoxy) is 5. The van der Waals surface area contributed by atoms with Crippen LogP contribution in [-0.4, -0.2) is 50.3 Å². The van der Waals surface area contributed by atoms with Crippen molar-refractivity contribution in [1.82, 2.24) is 9.66 Å². The highest BCUT2D eigenvalue weighted by Gasteiger charge is 2.20. The van der Waals surface area contributed by atoms with Crippen LogP contribution in [0, 0.1) is 0 Å². The van der Waals surface area contributed by atoms with Crippen LogP contribution >= 0.6 is 0 Å². The van der Waals surface area contributed by atoms with Crippen LogP contribution in [-0.2, 0) is 0 Å². The third-order valence-electron chi connectivity index (χ3n) is 6.11. The molecule has 3 aromatic carbocycles. The first-order chi connectivity index (χ1) is 20.0. The lowest BCUT2D eigenvalue weighted by Crippen LogP contribution is -2.20. The number of hydrogen-bond donors (Lipinski definition) is 0. The summed E-state index contributed by atoms with van der Waals surface area (Å²) in [6, 6.07) is 18.2. The highest BCUT2D eigenvalue weighted by Crippen LogP contribution is 2.39. The lowest BCUT2D eigenvalue weighted by molar-refractivity contribution is 0.0728. The largest absolute Gasteiger partial charge is 0.493 e. The first-order valence-corrected chi connectivity index (χ1v) is 12.3. The number of rotatable bonds is 9. The summed E-state index contributed by atoms with van der Waals surface area (Å²) in [4.78, 5) is 30.9. The third-order valence-corrected chi connectivity index (χ3v) is 6.11. The summed E-state index contributed by atoms with van der Waals surface area (Å²) in [7, 11) is 5.82. The number of carbonyl (C=O) groups excluding carboxylic acids is 1. The molecule has 5 aromatic rings. The molecule has 2 heterocycles. The van der Waals surface area contributed by atoms with E-state index in [-0.39, 0.29) is 28.4 Å². The van der Waals surface area contributed by atoms with Crippen LogP contribution in [0.5, 0.6) is 28.7 Å². The van der Waals surface area contributed by atoms with E-state index in [4.69, 9.17) is 28.1 Å². The van der Waals surface area contributed by atoms with Gasteiger partial charge >= 0.3 is 5.97 Å². The molecule has 0 radical (unpaired) electrons. The highest BCUT2D eigenvalue weighted by atomic mass is 16.6. The molecule has 2 aromatic heterocycles. The average molecular weight is 556 g/mol. The minimum atomic E-state index is -0.666. The maximum absolute atomic E-state index is 13.3. The Hall–Kier alpha value is -5.58. The number of hydrogen-bond acceptors (Lipinski definition) is 10. The first-order valence-electron chi connectivity index (χ1n) is 12.3. The summed E-state index contributed by atoms with van der Waals surface area (Å²) < 4.78 is 33.7. The van der Waals surface area contributed by atoms with E-state index in [0.717, 1.165) is 0 Å². The van der Waals surface area contributed by atoms with Gasteiger partial charge in [-0.25, -0.2) is 9.78 Å². The Kier molecular flexibility index (Phi) is 7.68. The Morgan fingerprint density at radius 3 is 2.24 bits per heavy atom. The molecule has 0 amide bonds. The van der Waals surface area contributed by atoms with E-state index in [2.05, 4.69) is 10.1 Å². The number of benzene rings is 3. The zero-order valence-electron chi connectivity index (χ0n) is 22.6.